The van der Waals surface area contributed by atoms with Crippen LogP contribution in [0.2, 0.25) is 0 Å². The van der Waals surface area contributed by atoms with Crippen molar-refractivity contribution in [1.82, 2.24) is 4.90 Å². The van der Waals surface area contributed by atoms with E-state index in [1.807, 2.05) is 63.2 Å². The second-order valence-corrected chi connectivity index (χ2v) is 12.1. The van der Waals surface area contributed by atoms with E-state index in [-0.39, 0.29) is 37.5 Å². The highest BCUT2D eigenvalue weighted by Crippen LogP contribution is 2.64. The Kier molecular flexibility index (Phi) is 8.32. The van der Waals surface area contributed by atoms with Gasteiger partial charge in [0.15, 0.2) is 0 Å². The zero-order valence-corrected chi connectivity index (χ0v) is 24.8. The Morgan fingerprint density at radius 1 is 1.19 bits per heavy atom. The summed E-state index contributed by atoms with van der Waals surface area (Å²) in [6.07, 6.45) is 5.48. The fourth-order valence-corrected chi connectivity index (χ4v) is 7.45. The molecule has 2 unspecified atom stereocenters. The standard InChI is InChI=1S/C34H42N2O6/c1-6-9-19-41-32(40)28-27-30(38)36(26(21-37)22(4)8-3)29(34(27)17-16-33(28,5)42-34)31(39)35(18-7-2)25-15-14-23-12-10-11-13-24(23)20-25/h6-7,10-15,20,22,26-29,37H,1-2,8-9,16-19,21H2,3-5H3/t22-,26-,27-,28-,29?,33+,34?/m0/s1. The maximum absolute atomic E-state index is 14.9. The van der Waals surface area contributed by atoms with Crippen molar-refractivity contribution >= 4 is 34.2 Å². The molecule has 3 saturated heterocycles. The molecule has 7 atom stereocenters. The number of amides is 2. The van der Waals surface area contributed by atoms with E-state index in [0.717, 1.165) is 10.8 Å². The Labute approximate surface area is 248 Å². The summed E-state index contributed by atoms with van der Waals surface area (Å²) in [6, 6.07) is 12.1. The number of hydrogen-bond donors (Lipinski definition) is 1. The summed E-state index contributed by atoms with van der Waals surface area (Å²) in [5.74, 6) is -2.97. The molecule has 0 radical (unpaired) electrons. The number of esters is 1. The first-order valence-electron chi connectivity index (χ1n) is 15.0. The van der Waals surface area contributed by atoms with Gasteiger partial charge in [-0.3, -0.25) is 14.4 Å². The van der Waals surface area contributed by atoms with Gasteiger partial charge in [-0.15, -0.1) is 13.2 Å². The number of fused-ring (bicyclic) bond motifs is 2. The molecule has 3 fully saturated rings. The van der Waals surface area contributed by atoms with E-state index in [0.29, 0.717) is 31.4 Å². The molecule has 2 bridgehead atoms. The molecule has 1 N–H and O–H groups in total. The zero-order chi connectivity index (χ0) is 30.2. The molecular formula is C34H42N2O6. The summed E-state index contributed by atoms with van der Waals surface area (Å²) in [5.41, 5.74) is -1.48. The van der Waals surface area contributed by atoms with Gasteiger partial charge in [-0.05, 0) is 55.0 Å². The van der Waals surface area contributed by atoms with Crippen molar-refractivity contribution in [1.29, 1.82) is 0 Å². The van der Waals surface area contributed by atoms with E-state index in [9.17, 15) is 19.5 Å². The summed E-state index contributed by atoms with van der Waals surface area (Å²) < 4.78 is 12.4. The van der Waals surface area contributed by atoms with Gasteiger partial charge in [0.2, 0.25) is 5.91 Å². The van der Waals surface area contributed by atoms with E-state index in [1.54, 1.807) is 22.0 Å². The molecule has 2 aromatic rings. The number of benzene rings is 2. The average molecular weight is 575 g/mol. The van der Waals surface area contributed by atoms with Crippen LogP contribution in [0.15, 0.2) is 67.8 Å². The molecule has 2 aromatic carbocycles. The molecule has 224 valence electrons. The van der Waals surface area contributed by atoms with Crippen LogP contribution in [0.1, 0.15) is 46.5 Å². The van der Waals surface area contributed by atoms with Crippen molar-refractivity contribution < 1.29 is 29.0 Å². The van der Waals surface area contributed by atoms with Crippen LogP contribution in [-0.4, -0.2) is 70.8 Å². The molecule has 8 heteroatoms. The first-order valence-corrected chi connectivity index (χ1v) is 15.0. The van der Waals surface area contributed by atoms with Crippen LogP contribution < -0.4 is 4.90 Å². The smallest absolute Gasteiger partial charge is 0.312 e. The molecule has 3 aliphatic heterocycles. The third-order valence-electron chi connectivity index (χ3n) is 9.74. The van der Waals surface area contributed by atoms with Crippen LogP contribution in [0.25, 0.3) is 10.8 Å². The Morgan fingerprint density at radius 3 is 2.60 bits per heavy atom. The lowest BCUT2D eigenvalue weighted by Gasteiger charge is -2.41. The maximum Gasteiger partial charge on any atom is 0.312 e. The van der Waals surface area contributed by atoms with Gasteiger partial charge in [-0.1, -0.05) is 62.8 Å². The highest BCUT2D eigenvalue weighted by molar-refractivity contribution is 6.05. The summed E-state index contributed by atoms with van der Waals surface area (Å²) in [7, 11) is 0. The molecule has 42 heavy (non-hydrogen) atoms. The van der Waals surface area contributed by atoms with E-state index >= 15 is 0 Å². The summed E-state index contributed by atoms with van der Waals surface area (Å²) in [4.78, 5) is 46.1. The number of aliphatic hydroxyl groups is 1. The summed E-state index contributed by atoms with van der Waals surface area (Å²) in [5, 5.41) is 12.6. The monoisotopic (exact) mass is 574 g/mol. The lowest BCUT2D eigenvalue weighted by molar-refractivity contribution is -0.160. The van der Waals surface area contributed by atoms with Crippen molar-refractivity contribution in [3.05, 3.63) is 67.8 Å². The van der Waals surface area contributed by atoms with Crippen LogP contribution >= 0.6 is 0 Å². The molecule has 5 rings (SSSR count). The highest BCUT2D eigenvalue weighted by Gasteiger charge is 2.79. The lowest BCUT2D eigenvalue weighted by atomic mass is 9.66. The van der Waals surface area contributed by atoms with Gasteiger partial charge in [-0.2, -0.15) is 0 Å². The van der Waals surface area contributed by atoms with Gasteiger partial charge >= 0.3 is 5.97 Å². The van der Waals surface area contributed by atoms with Crippen LogP contribution in [0, 0.1) is 17.8 Å². The van der Waals surface area contributed by atoms with Crippen molar-refractivity contribution in [3.63, 3.8) is 0 Å². The van der Waals surface area contributed by atoms with Gasteiger partial charge in [0.05, 0.1) is 30.8 Å². The molecule has 3 heterocycles. The number of rotatable bonds is 12. The number of aliphatic hydroxyl groups excluding tert-OH is 1. The van der Waals surface area contributed by atoms with Gasteiger partial charge in [0, 0.05) is 12.2 Å². The Hall–Kier alpha value is -3.49. The third kappa shape index (κ3) is 4.65. The zero-order valence-electron chi connectivity index (χ0n) is 24.8. The highest BCUT2D eigenvalue weighted by atomic mass is 16.6. The van der Waals surface area contributed by atoms with Gasteiger partial charge < -0.3 is 24.4 Å². The van der Waals surface area contributed by atoms with Crippen molar-refractivity contribution in [2.75, 3.05) is 24.7 Å². The maximum atomic E-state index is 14.9. The molecule has 0 aromatic heterocycles. The second kappa shape index (κ2) is 11.7. The number of hydrogen-bond acceptors (Lipinski definition) is 6. The molecule has 2 amide bonds. The topological polar surface area (TPSA) is 96.4 Å². The number of ether oxygens (including phenoxy) is 2. The summed E-state index contributed by atoms with van der Waals surface area (Å²) >= 11 is 0. The van der Waals surface area contributed by atoms with Gasteiger partial charge in [-0.25, -0.2) is 0 Å². The first kappa shape index (κ1) is 30.0. The Balaban J connectivity index is 1.62. The Bertz CT molecular complexity index is 1390. The fraction of sp³-hybridized carbons (Fsp3) is 0.500. The van der Waals surface area contributed by atoms with E-state index in [2.05, 4.69) is 13.2 Å². The second-order valence-electron chi connectivity index (χ2n) is 12.1. The number of carbonyl (C=O) groups excluding carboxylic acids is 3. The minimum Gasteiger partial charge on any atom is -0.465 e. The largest absolute Gasteiger partial charge is 0.465 e. The number of likely N-dealkylation sites (tertiary alicyclic amines) is 1. The van der Waals surface area contributed by atoms with Crippen molar-refractivity contribution in [3.8, 4) is 0 Å². The number of anilines is 1. The lowest BCUT2D eigenvalue weighted by Crippen LogP contribution is -2.60. The van der Waals surface area contributed by atoms with Crippen molar-refractivity contribution in [2.24, 2.45) is 17.8 Å². The van der Waals surface area contributed by atoms with Gasteiger partial charge in [0.25, 0.3) is 5.91 Å². The van der Waals surface area contributed by atoms with Gasteiger partial charge in [0.1, 0.15) is 17.6 Å². The third-order valence-corrected chi connectivity index (χ3v) is 9.74. The SMILES string of the molecule is C=CCCOC(=O)[C@@H]1[C@H]2C(=O)N([C@@H](CO)[C@@H](C)CC)C(C(=O)N(CC=C)c3ccc4ccccc4c3)C23CC[C@@]1(C)O3. The minimum absolute atomic E-state index is 0.0937. The molecular weight excluding hydrogens is 532 g/mol. The van der Waals surface area contributed by atoms with E-state index < -0.39 is 41.1 Å². The van der Waals surface area contributed by atoms with Crippen molar-refractivity contribution in [2.45, 2.75) is 69.7 Å². The molecule has 0 saturated carbocycles. The van der Waals surface area contributed by atoms with E-state index in [1.165, 1.54) is 0 Å². The van der Waals surface area contributed by atoms with E-state index in [4.69, 9.17) is 9.47 Å². The predicted molar refractivity (Wildman–Crippen MR) is 162 cm³/mol. The van der Waals surface area contributed by atoms with Crippen LogP contribution in [0.3, 0.4) is 0 Å². The fourth-order valence-electron chi connectivity index (χ4n) is 7.45. The van der Waals surface area contributed by atoms with Crippen LogP contribution in [0.4, 0.5) is 5.69 Å². The molecule has 1 spiro atoms. The average Bonchev–Trinajstić information content (AvgIpc) is 3.56. The minimum atomic E-state index is -1.22. The van der Waals surface area contributed by atoms with Crippen LogP contribution in [0.5, 0.6) is 0 Å². The predicted octanol–water partition coefficient (Wildman–Crippen LogP) is 4.65. The normalized spacial score (nSPS) is 29.3. The molecule has 3 aliphatic rings. The Morgan fingerprint density at radius 2 is 1.93 bits per heavy atom. The number of nitrogens with zero attached hydrogens (tertiary/aromatic N) is 2. The quantitative estimate of drug-likeness (QED) is 0.225. The summed E-state index contributed by atoms with van der Waals surface area (Å²) in [6.45, 7) is 13.5. The van der Waals surface area contributed by atoms with Crippen LogP contribution in [-0.2, 0) is 23.9 Å². The first-order chi connectivity index (χ1) is 20.2. The molecule has 8 nitrogen and oxygen atoms in total. The number of carbonyl (C=O) groups is 3. The molecule has 0 aliphatic carbocycles.